The minimum absolute atomic E-state index is 0.0595. The van der Waals surface area contributed by atoms with E-state index in [1.54, 1.807) is 43.3 Å². The zero-order valence-corrected chi connectivity index (χ0v) is 17.3. The number of aliphatic imine (C=N–C) groups is 1. The molecule has 1 atom stereocenters. The fourth-order valence-electron chi connectivity index (χ4n) is 3.02. The van der Waals surface area contributed by atoms with E-state index >= 15 is 0 Å². The minimum atomic E-state index is -0.371. The van der Waals surface area contributed by atoms with Crippen molar-refractivity contribution < 1.29 is 19.1 Å². The summed E-state index contributed by atoms with van der Waals surface area (Å²) in [5, 5.41) is 5.96. The topological polar surface area (TPSA) is 89.0 Å². The Bertz CT molecular complexity index is 886. The lowest BCUT2D eigenvalue weighted by molar-refractivity contribution is 0.0526. The number of rotatable bonds is 6. The molecule has 1 amide bonds. The highest BCUT2D eigenvalue weighted by atomic mass is 16.5. The van der Waals surface area contributed by atoms with Gasteiger partial charge in [0.05, 0.1) is 24.8 Å². The molecule has 3 rings (SSSR count). The second-order valence-electron chi connectivity index (χ2n) is 7.07. The smallest absolute Gasteiger partial charge is 0.338 e. The number of guanidine groups is 1. The fourth-order valence-corrected chi connectivity index (χ4v) is 3.02. The van der Waals surface area contributed by atoms with Gasteiger partial charge in [0.2, 0.25) is 5.96 Å². The van der Waals surface area contributed by atoms with Gasteiger partial charge in [0, 0.05) is 17.9 Å². The summed E-state index contributed by atoms with van der Waals surface area (Å²) in [6, 6.07) is 14.1. The summed E-state index contributed by atoms with van der Waals surface area (Å²) in [7, 11) is 0. The molecule has 0 aromatic heterocycles. The summed E-state index contributed by atoms with van der Waals surface area (Å²) < 4.78 is 10.6. The Balaban J connectivity index is 1.71. The van der Waals surface area contributed by atoms with Crippen LogP contribution < -0.4 is 10.6 Å². The molecule has 158 valence electrons. The molecule has 0 aliphatic carbocycles. The number of esters is 1. The number of amides is 1. The highest BCUT2D eigenvalue weighted by Crippen LogP contribution is 2.13. The zero-order chi connectivity index (χ0) is 21.3. The van der Waals surface area contributed by atoms with Gasteiger partial charge in [-0.15, -0.1) is 0 Å². The minimum Gasteiger partial charge on any atom is -0.462 e. The average molecular weight is 409 g/mol. The molecular formula is C23H27N3O4. The van der Waals surface area contributed by atoms with Crippen molar-refractivity contribution in [2.75, 3.05) is 25.1 Å². The number of carbonyl (C=O) groups excluding carboxylic acids is 2. The van der Waals surface area contributed by atoms with Gasteiger partial charge in [0.25, 0.3) is 5.91 Å². The fraction of sp³-hybridized carbons (Fsp3) is 0.348. The third-order valence-electron chi connectivity index (χ3n) is 4.68. The SMILES string of the molecule is CCOC(=O)c1ccc(NC(=NC[C@@H]2CCCO2)NC(=O)c2ccc(C)cc2)cc1. The average Bonchev–Trinajstić information content (AvgIpc) is 3.27. The van der Waals surface area contributed by atoms with E-state index in [0.29, 0.717) is 35.9 Å². The molecule has 0 unspecified atom stereocenters. The molecule has 2 aromatic carbocycles. The largest absolute Gasteiger partial charge is 0.462 e. The van der Waals surface area contributed by atoms with Gasteiger partial charge in [-0.1, -0.05) is 17.7 Å². The monoisotopic (exact) mass is 409 g/mol. The molecule has 1 saturated heterocycles. The van der Waals surface area contributed by atoms with E-state index in [0.717, 1.165) is 25.0 Å². The summed E-state index contributed by atoms with van der Waals surface area (Å²) in [5.74, 6) is -0.291. The van der Waals surface area contributed by atoms with Crippen LogP contribution in [0.2, 0.25) is 0 Å². The first-order valence-electron chi connectivity index (χ1n) is 10.1. The number of nitrogens with one attached hydrogen (secondary N) is 2. The van der Waals surface area contributed by atoms with Crippen molar-refractivity contribution in [2.45, 2.75) is 32.8 Å². The molecule has 2 aromatic rings. The van der Waals surface area contributed by atoms with Gasteiger partial charge in [-0.3, -0.25) is 10.1 Å². The zero-order valence-electron chi connectivity index (χ0n) is 17.3. The molecule has 1 fully saturated rings. The van der Waals surface area contributed by atoms with E-state index in [1.165, 1.54) is 0 Å². The Morgan fingerprint density at radius 1 is 1.10 bits per heavy atom. The van der Waals surface area contributed by atoms with Crippen LogP contribution >= 0.6 is 0 Å². The second-order valence-corrected chi connectivity index (χ2v) is 7.07. The molecule has 0 radical (unpaired) electrons. The highest BCUT2D eigenvalue weighted by Gasteiger charge is 2.16. The Kier molecular flexibility index (Phi) is 7.57. The molecule has 0 spiro atoms. The predicted molar refractivity (Wildman–Crippen MR) is 116 cm³/mol. The van der Waals surface area contributed by atoms with Crippen LogP contribution in [0.25, 0.3) is 0 Å². The Morgan fingerprint density at radius 2 is 1.80 bits per heavy atom. The first-order chi connectivity index (χ1) is 14.5. The van der Waals surface area contributed by atoms with Gasteiger partial charge in [-0.05, 0) is 63.1 Å². The summed E-state index contributed by atoms with van der Waals surface area (Å²) >= 11 is 0. The van der Waals surface area contributed by atoms with Crippen LogP contribution in [-0.4, -0.2) is 43.7 Å². The molecule has 30 heavy (non-hydrogen) atoms. The number of anilines is 1. The Morgan fingerprint density at radius 3 is 2.43 bits per heavy atom. The molecule has 2 N–H and O–H groups in total. The van der Waals surface area contributed by atoms with E-state index in [9.17, 15) is 9.59 Å². The predicted octanol–water partition coefficient (Wildman–Crippen LogP) is 3.55. The third kappa shape index (κ3) is 6.15. The lowest BCUT2D eigenvalue weighted by atomic mass is 10.1. The van der Waals surface area contributed by atoms with Crippen molar-refractivity contribution in [3.63, 3.8) is 0 Å². The lowest BCUT2D eigenvalue weighted by Crippen LogP contribution is -2.36. The molecule has 0 bridgehead atoms. The van der Waals surface area contributed by atoms with Crippen LogP contribution in [0, 0.1) is 6.92 Å². The van der Waals surface area contributed by atoms with Crippen molar-refractivity contribution in [3.05, 3.63) is 65.2 Å². The molecule has 1 aliphatic heterocycles. The summed E-state index contributed by atoms with van der Waals surface area (Å²) in [6.45, 7) is 5.26. The maximum absolute atomic E-state index is 12.6. The normalized spacial score (nSPS) is 16.2. The molecule has 7 nitrogen and oxygen atoms in total. The molecule has 1 heterocycles. The van der Waals surface area contributed by atoms with Crippen molar-refractivity contribution in [1.82, 2.24) is 5.32 Å². The van der Waals surface area contributed by atoms with Crippen molar-refractivity contribution in [3.8, 4) is 0 Å². The summed E-state index contributed by atoms with van der Waals surface area (Å²) in [4.78, 5) is 29.0. The molecule has 1 aliphatic rings. The lowest BCUT2D eigenvalue weighted by Gasteiger charge is -2.14. The van der Waals surface area contributed by atoms with Crippen LogP contribution in [-0.2, 0) is 9.47 Å². The van der Waals surface area contributed by atoms with Crippen molar-refractivity contribution in [2.24, 2.45) is 4.99 Å². The van der Waals surface area contributed by atoms with Crippen LogP contribution in [0.15, 0.2) is 53.5 Å². The quantitative estimate of drug-likeness (QED) is 0.433. The number of carbonyl (C=O) groups is 2. The first-order valence-corrected chi connectivity index (χ1v) is 10.1. The maximum Gasteiger partial charge on any atom is 0.338 e. The van der Waals surface area contributed by atoms with Gasteiger partial charge < -0.3 is 14.8 Å². The number of benzene rings is 2. The van der Waals surface area contributed by atoms with E-state index in [2.05, 4.69) is 15.6 Å². The van der Waals surface area contributed by atoms with Gasteiger partial charge in [-0.2, -0.15) is 0 Å². The third-order valence-corrected chi connectivity index (χ3v) is 4.68. The van der Waals surface area contributed by atoms with Gasteiger partial charge in [0.15, 0.2) is 0 Å². The molecule has 7 heteroatoms. The number of nitrogens with zero attached hydrogens (tertiary/aromatic N) is 1. The van der Waals surface area contributed by atoms with E-state index in [4.69, 9.17) is 9.47 Å². The molecule has 0 saturated carbocycles. The summed E-state index contributed by atoms with van der Waals surface area (Å²) in [6.07, 6.45) is 2.04. The highest BCUT2D eigenvalue weighted by molar-refractivity contribution is 6.10. The van der Waals surface area contributed by atoms with Gasteiger partial charge in [-0.25, -0.2) is 9.79 Å². The number of hydrogen-bond acceptors (Lipinski definition) is 5. The van der Waals surface area contributed by atoms with Crippen LogP contribution in [0.4, 0.5) is 5.69 Å². The Labute approximate surface area is 176 Å². The van der Waals surface area contributed by atoms with Crippen LogP contribution in [0.5, 0.6) is 0 Å². The van der Waals surface area contributed by atoms with Gasteiger partial charge >= 0.3 is 5.97 Å². The van der Waals surface area contributed by atoms with E-state index < -0.39 is 0 Å². The number of aryl methyl sites for hydroxylation is 1. The number of ether oxygens (including phenoxy) is 2. The van der Waals surface area contributed by atoms with E-state index in [-0.39, 0.29) is 18.0 Å². The first kappa shape index (κ1) is 21.5. The summed E-state index contributed by atoms with van der Waals surface area (Å²) in [5.41, 5.74) is 2.78. The standard InChI is InChI=1S/C23H27N3O4/c1-3-29-22(28)18-10-12-19(13-11-18)25-23(24-15-20-5-4-14-30-20)26-21(27)17-8-6-16(2)7-9-17/h6-13,20H,3-5,14-15H2,1-2H3,(H2,24,25,26,27)/t20-/m0/s1. The van der Waals surface area contributed by atoms with Gasteiger partial charge in [0.1, 0.15) is 0 Å². The molecular weight excluding hydrogens is 382 g/mol. The van der Waals surface area contributed by atoms with E-state index in [1.807, 2.05) is 19.1 Å². The van der Waals surface area contributed by atoms with Crippen LogP contribution in [0.3, 0.4) is 0 Å². The van der Waals surface area contributed by atoms with Crippen molar-refractivity contribution in [1.29, 1.82) is 0 Å². The number of hydrogen-bond donors (Lipinski definition) is 2. The second kappa shape index (κ2) is 10.5. The van der Waals surface area contributed by atoms with Crippen molar-refractivity contribution >= 4 is 23.5 Å². The Hall–Kier alpha value is -3.19. The maximum atomic E-state index is 12.6. The van der Waals surface area contributed by atoms with Crippen LogP contribution in [0.1, 0.15) is 46.0 Å².